The molecule has 2 rings (SSSR count). The summed E-state index contributed by atoms with van der Waals surface area (Å²) >= 11 is 12.0. The number of nitrogens with zero attached hydrogens (tertiary/aromatic N) is 1. The van der Waals surface area contributed by atoms with Gasteiger partial charge in [-0.3, -0.25) is 9.78 Å². The number of amides is 1. The minimum absolute atomic E-state index is 0.190. The van der Waals surface area contributed by atoms with Crippen LogP contribution in [0.5, 0.6) is 0 Å². The van der Waals surface area contributed by atoms with Crippen molar-refractivity contribution in [3.8, 4) is 0 Å². The molecule has 0 radical (unpaired) electrons. The Hall–Kier alpha value is -1.32. The summed E-state index contributed by atoms with van der Waals surface area (Å²) in [5, 5.41) is 4.14. The van der Waals surface area contributed by atoms with E-state index in [1.807, 2.05) is 6.92 Å². The van der Waals surface area contributed by atoms with Gasteiger partial charge in [0.25, 0.3) is 5.91 Å². The molecule has 0 atom stereocenters. The summed E-state index contributed by atoms with van der Waals surface area (Å²) in [6, 6.07) is 5.01. The van der Waals surface area contributed by atoms with Crippen LogP contribution in [0.15, 0.2) is 18.2 Å². The summed E-state index contributed by atoms with van der Waals surface area (Å²) in [6.07, 6.45) is 0. The van der Waals surface area contributed by atoms with Crippen molar-refractivity contribution in [3.05, 3.63) is 39.5 Å². The third-order valence-electron chi connectivity index (χ3n) is 2.43. The van der Waals surface area contributed by atoms with Crippen molar-refractivity contribution in [3.63, 3.8) is 0 Å². The van der Waals surface area contributed by atoms with Gasteiger partial charge in [0, 0.05) is 23.2 Å². The molecule has 0 bridgehead atoms. The second kappa shape index (κ2) is 4.51. The first-order chi connectivity index (χ1) is 8.02. The van der Waals surface area contributed by atoms with Gasteiger partial charge in [-0.25, -0.2) is 0 Å². The quantitative estimate of drug-likeness (QED) is 0.863. The van der Waals surface area contributed by atoms with Gasteiger partial charge in [-0.05, 0) is 25.1 Å². The molecule has 0 aliphatic heterocycles. The Balaban J connectivity index is 2.87. The van der Waals surface area contributed by atoms with E-state index in [-0.39, 0.29) is 5.91 Å². The highest BCUT2D eigenvalue weighted by molar-refractivity contribution is 6.39. The third-order valence-corrected chi connectivity index (χ3v) is 2.94. The highest BCUT2D eigenvalue weighted by Gasteiger charge is 2.14. The molecule has 1 amide bonds. The van der Waals surface area contributed by atoms with Crippen LogP contribution >= 0.6 is 23.2 Å². The number of nitrogens with one attached hydrogen (secondary N) is 1. The number of hydrogen-bond donors (Lipinski definition) is 1. The van der Waals surface area contributed by atoms with Gasteiger partial charge in [0.05, 0.1) is 16.1 Å². The number of benzene rings is 1. The topological polar surface area (TPSA) is 42.0 Å². The highest BCUT2D eigenvalue weighted by Crippen LogP contribution is 2.30. The van der Waals surface area contributed by atoms with Gasteiger partial charge in [0.15, 0.2) is 0 Å². The van der Waals surface area contributed by atoms with Crippen LogP contribution in [0.1, 0.15) is 16.1 Å². The largest absolute Gasteiger partial charge is 0.355 e. The highest BCUT2D eigenvalue weighted by atomic mass is 35.5. The molecule has 5 heteroatoms. The number of aryl methyl sites for hydroxylation is 1. The lowest BCUT2D eigenvalue weighted by Gasteiger charge is -2.08. The first-order valence-corrected chi connectivity index (χ1v) is 5.77. The molecule has 0 aliphatic rings. The van der Waals surface area contributed by atoms with Crippen LogP contribution < -0.4 is 5.32 Å². The summed E-state index contributed by atoms with van der Waals surface area (Å²) in [6.45, 7) is 1.82. The molecule has 1 N–H and O–H groups in total. The molecule has 0 saturated carbocycles. The van der Waals surface area contributed by atoms with Gasteiger partial charge in [0.1, 0.15) is 0 Å². The first-order valence-electron chi connectivity index (χ1n) is 5.01. The number of hydrogen-bond acceptors (Lipinski definition) is 2. The fourth-order valence-electron chi connectivity index (χ4n) is 1.73. The Labute approximate surface area is 109 Å². The van der Waals surface area contributed by atoms with Crippen LogP contribution in [0.25, 0.3) is 10.9 Å². The number of carbonyl (C=O) groups excluding carboxylic acids is 1. The van der Waals surface area contributed by atoms with E-state index in [0.717, 1.165) is 5.69 Å². The van der Waals surface area contributed by atoms with Crippen LogP contribution in [0.4, 0.5) is 0 Å². The Bertz CT molecular complexity index is 606. The van der Waals surface area contributed by atoms with E-state index in [2.05, 4.69) is 10.3 Å². The molecule has 1 heterocycles. The monoisotopic (exact) mass is 268 g/mol. The molecule has 2 aromatic rings. The molecule has 1 aromatic carbocycles. The predicted molar refractivity (Wildman–Crippen MR) is 69.9 cm³/mol. The fraction of sp³-hybridized carbons (Fsp3) is 0.167. The molecule has 0 unspecified atom stereocenters. The molecule has 0 aliphatic carbocycles. The first kappa shape index (κ1) is 12.1. The number of pyridine rings is 1. The van der Waals surface area contributed by atoms with Crippen molar-refractivity contribution in [2.24, 2.45) is 0 Å². The maximum atomic E-state index is 11.8. The Kier molecular flexibility index (Phi) is 3.22. The smallest absolute Gasteiger partial charge is 0.251 e. The Morgan fingerprint density at radius 2 is 2.00 bits per heavy atom. The Morgan fingerprint density at radius 1 is 1.29 bits per heavy atom. The number of halogens is 2. The second-order valence-corrected chi connectivity index (χ2v) is 4.52. The van der Waals surface area contributed by atoms with Crippen LogP contribution in [-0.2, 0) is 0 Å². The van der Waals surface area contributed by atoms with Gasteiger partial charge < -0.3 is 5.32 Å². The van der Waals surface area contributed by atoms with E-state index >= 15 is 0 Å². The van der Waals surface area contributed by atoms with Crippen LogP contribution in [0.2, 0.25) is 10.0 Å². The molecule has 88 valence electrons. The molecule has 3 nitrogen and oxygen atoms in total. The maximum absolute atomic E-state index is 11.8. The van der Waals surface area contributed by atoms with E-state index in [0.29, 0.717) is 26.5 Å². The lowest BCUT2D eigenvalue weighted by molar-refractivity contribution is 0.0964. The zero-order chi connectivity index (χ0) is 12.6. The van der Waals surface area contributed by atoms with Gasteiger partial charge in [-0.1, -0.05) is 23.2 Å². The minimum atomic E-state index is -0.190. The molecule has 0 fully saturated rings. The molecule has 0 spiro atoms. The zero-order valence-electron chi connectivity index (χ0n) is 9.34. The Morgan fingerprint density at radius 3 is 2.65 bits per heavy atom. The van der Waals surface area contributed by atoms with Crippen molar-refractivity contribution in [1.29, 1.82) is 0 Å². The van der Waals surface area contributed by atoms with E-state index in [9.17, 15) is 4.79 Å². The standard InChI is InChI=1S/C12H10Cl2N2O/c1-6-3-8(12(17)15-2)11-9(14)4-7(13)5-10(11)16-6/h3-5H,1-2H3,(H,15,17). The fourth-order valence-corrected chi connectivity index (χ4v) is 2.32. The van der Waals surface area contributed by atoms with Crippen molar-refractivity contribution in [2.45, 2.75) is 6.92 Å². The maximum Gasteiger partial charge on any atom is 0.251 e. The molecular weight excluding hydrogens is 259 g/mol. The summed E-state index contributed by atoms with van der Waals surface area (Å²) < 4.78 is 0. The number of aromatic nitrogens is 1. The molecule has 0 saturated heterocycles. The SMILES string of the molecule is CNC(=O)c1cc(C)nc2cc(Cl)cc(Cl)c12. The van der Waals surface area contributed by atoms with Crippen LogP contribution in [-0.4, -0.2) is 17.9 Å². The molecule has 1 aromatic heterocycles. The van der Waals surface area contributed by atoms with Gasteiger partial charge >= 0.3 is 0 Å². The zero-order valence-corrected chi connectivity index (χ0v) is 10.9. The van der Waals surface area contributed by atoms with Gasteiger partial charge in [0.2, 0.25) is 0 Å². The second-order valence-electron chi connectivity index (χ2n) is 3.67. The van der Waals surface area contributed by atoms with E-state index in [1.165, 1.54) is 0 Å². The van der Waals surface area contributed by atoms with Crippen molar-refractivity contribution >= 4 is 40.0 Å². The van der Waals surface area contributed by atoms with E-state index in [1.54, 1.807) is 25.2 Å². The van der Waals surface area contributed by atoms with Crippen molar-refractivity contribution < 1.29 is 4.79 Å². The number of carbonyl (C=O) groups is 1. The number of fused-ring (bicyclic) bond motifs is 1. The van der Waals surface area contributed by atoms with E-state index < -0.39 is 0 Å². The average molecular weight is 269 g/mol. The normalized spacial score (nSPS) is 10.6. The number of rotatable bonds is 1. The van der Waals surface area contributed by atoms with Gasteiger partial charge in [-0.15, -0.1) is 0 Å². The average Bonchev–Trinajstić information content (AvgIpc) is 2.25. The van der Waals surface area contributed by atoms with E-state index in [4.69, 9.17) is 23.2 Å². The lowest BCUT2D eigenvalue weighted by atomic mass is 10.1. The summed E-state index contributed by atoms with van der Waals surface area (Å²) in [7, 11) is 1.58. The lowest BCUT2D eigenvalue weighted by Crippen LogP contribution is -2.18. The molecular formula is C12H10Cl2N2O. The van der Waals surface area contributed by atoms with Crippen molar-refractivity contribution in [1.82, 2.24) is 10.3 Å². The summed E-state index contributed by atoms with van der Waals surface area (Å²) in [4.78, 5) is 16.1. The van der Waals surface area contributed by atoms with Crippen molar-refractivity contribution in [2.75, 3.05) is 7.05 Å². The predicted octanol–water partition coefficient (Wildman–Crippen LogP) is 3.21. The summed E-state index contributed by atoms with van der Waals surface area (Å²) in [5.74, 6) is -0.190. The van der Waals surface area contributed by atoms with Gasteiger partial charge in [-0.2, -0.15) is 0 Å². The van der Waals surface area contributed by atoms with Crippen LogP contribution in [0, 0.1) is 6.92 Å². The third kappa shape index (κ3) is 2.21. The minimum Gasteiger partial charge on any atom is -0.355 e. The van der Waals surface area contributed by atoms with Crippen LogP contribution in [0.3, 0.4) is 0 Å². The summed E-state index contributed by atoms with van der Waals surface area (Å²) in [5.41, 5.74) is 1.88. The molecule has 17 heavy (non-hydrogen) atoms.